The molecule has 0 aliphatic heterocycles. The Morgan fingerprint density at radius 1 is 1.10 bits per heavy atom. The largest absolute Gasteiger partial charge is 0.338 e. The maximum atomic E-state index is 9.29. The number of nitriles is 1. The Labute approximate surface area is 127 Å². The van der Waals surface area contributed by atoms with E-state index in [4.69, 9.17) is 0 Å². The fourth-order valence-electron chi connectivity index (χ4n) is 1.99. The van der Waals surface area contributed by atoms with E-state index in [1.807, 2.05) is 39.8 Å². The van der Waals surface area contributed by atoms with Gasteiger partial charge >= 0.3 is 0 Å². The first-order valence-corrected chi connectivity index (χ1v) is 7.01. The Morgan fingerprint density at radius 3 is 2.25 bits per heavy atom. The van der Waals surface area contributed by atoms with Gasteiger partial charge in [0.15, 0.2) is 5.82 Å². The van der Waals surface area contributed by atoms with Crippen LogP contribution in [0.5, 0.6) is 0 Å². The predicted octanol–water partition coefficient (Wildman–Crippen LogP) is 4.09. The number of aromatic nitrogens is 2. The van der Waals surface area contributed by atoms with E-state index in [0.717, 1.165) is 32.5 Å². The first kappa shape index (κ1) is 14.5. The van der Waals surface area contributed by atoms with E-state index in [1.165, 1.54) is 0 Å². The third kappa shape index (κ3) is 2.66. The molecule has 0 aliphatic rings. The van der Waals surface area contributed by atoms with Gasteiger partial charge in [0, 0.05) is 10.2 Å². The highest BCUT2D eigenvalue weighted by atomic mass is 79.9. The molecular weight excluding hydrogens is 316 g/mol. The lowest BCUT2D eigenvalue weighted by atomic mass is 10.1. The summed E-state index contributed by atoms with van der Waals surface area (Å²) in [5, 5.41) is 20.6. The summed E-state index contributed by atoms with van der Waals surface area (Å²) in [6, 6.07) is 6.21. The third-order valence-electron chi connectivity index (χ3n) is 3.27. The topological polar surface area (TPSA) is 61.6 Å². The SMILES string of the molecule is Cc1cc(Nc2nnc(C)c(C)c2C#N)cc(C)c1Br. The summed E-state index contributed by atoms with van der Waals surface area (Å²) in [7, 11) is 0. The smallest absolute Gasteiger partial charge is 0.171 e. The van der Waals surface area contributed by atoms with Crippen molar-refractivity contribution < 1.29 is 0 Å². The molecule has 0 atom stereocenters. The highest BCUT2D eigenvalue weighted by molar-refractivity contribution is 9.10. The van der Waals surface area contributed by atoms with E-state index in [0.29, 0.717) is 11.4 Å². The molecule has 1 aromatic carbocycles. The molecule has 0 radical (unpaired) electrons. The zero-order chi connectivity index (χ0) is 14.9. The Balaban J connectivity index is 2.46. The van der Waals surface area contributed by atoms with E-state index in [9.17, 15) is 5.26 Å². The van der Waals surface area contributed by atoms with Crippen molar-refractivity contribution in [3.05, 3.63) is 44.6 Å². The Bertz CT molecular complexity index is 694. The van der Waals surface area contributed by atoms with E-state index >= 15 is 0 Å². The molecule has 0 amide bonds. The van der Waals surface area contributed by atoms with Crippen LogP contribution in [-0.4, -0.2) is 10.2 Å². The average Bonchev–Trinajstić information content (AvgIpc) is 2.40. The lowest BCUT2D eigenvalue weighted by Gasteiger charge is -2.12. The Hall–Kier alpha value is -1.93. The van der Waals surface area contributed by atoms with Crippen molar-refractivity contribution in [2.24, 2.45) is 0 Å². The zero-order valence-corrected chi connectivity index (χ0v) is 13.5. The summed E-state index contributed by atoms with van der Waals surface area (Å²) >= 11 is 3.54. The summed E-state index contributed by atoms with van der Waals surface area (Å²) in [4.78, 5) is 0. The fourth-order valence-corrected chi connectivity index (χ4v) is 2.22. The highest BCUT2D eigenvalue weighted by Gasteiger charge is 2.11. The standard InChI is InChI=1S/C15H15BrN4/c1-8-5-12(6-9(2)14(8)16)18-15-13(7-17)10(3)11(4)19-20-15/h5-6H,1-4H3,(H,18,20). The van der Waals surface area contributed by atoms with Gasteiger partial charge in [-0.25, -0.2) is 0 Å². The number of benzene rings is 1. The monoisotopic (exact) mass is 330 g/mol. The molecule has 102 valence electrons. The van der Waals surface area contributed by atoms with Crippen LogP contribution < -0.4 is 5.32 Å². The number of anilines is 2. The van der Waals surface area contributed by atoms with Crippen LogP contribution in [0.25, 0.3) is 0 Å². The maximum absolute atomic E-state index is 9.29. The summed E-state index contributed by atoms with van der Waals surface area (Å²) in [6.07, 6.45) is 0. The molecule has 20 heavy (non-hydrogen) atoms. The molecule has 0 saturated carbocycles. The average molecular weight is 331 g/mol. The maximum Gasteiger partial charge on any atom is 0.171 e. The van der Waals surface area contributed by atoms with Crippen LogP contribution in [0.1, 0.15) is 27.9 Å². The molecule has 1 N–H and O–H groups in total. The zero-order valence-electron chi connectivity index (χ0n) is 11.9. The molecule has 2 rings (SSSR count). The second-order valence-corrected chi connectivity index (χ2v) is 5.59. The molecule has 1 aromatic heterocycles. The molecule has 0 spiro atoms. The number of hydrogen-bond acceptors (Lipinski definition) is 4. The minimum Gasteiger partial charge on any atom is -0.338 e. The minimum absolute atomic E-state index is 0.497. The van der Waals surface area contributed by atoms with Crippen LogP contribution in [0.3, 0.4) is 0 Å². The van der Waals surface area contributed by atoms with Crippen molar-refractivity contribution in [1.82, 2.24) is 10.2 Å². The number of rotatable bonds is 2. The quantitative estimate of drug-likeness (QED) is 0.900. The van der Waals surface area contributed by atoms with E-state index < -0.39 is 0 Å². The molecule has 0 fully saturated rings. The molecule has 2 aromatic rings. The predicted molar refractivity (Wildman–Crippen MR) is 83.1 cm³/mol. The molecule has 0 unspecified atom stereocenters. The van der Waals surface area contributed by atoms with Crippen molar-refractivity contribution in [3.8, 4) is 6.07 Å². The van der Waals surface area contributed by atoms with Crippen LogP contribution in [0, 0.1) is 39.0 Å². The number of nitrogens with one attached hydrogen (secondary N) is 1. The van der Waals surface area contributed by atoms with Gasteiger partial charge in [0.25, 0.3) is 0 Å². The van der Waals surface area contributed by atoms with Crippen molar-refractivity contribution in [3.63, 3.8) is 0 Å². The molecule has 0 saturated heterocycles. The lowest BCUT2D eigenvalue weighted by molar-refractivity contribution is 0.960. The van der Waals surface area contributed by atoms with Crippen LogP contribution in [0.15, 0.2) is 16.6 Å². The van der Waals surface area contributed by atoms with Crippen molar-refractivity contribution >= 4 is 27.4 Å². The summed E-state index contributed by atoms with van der Waals surface area (Å²) < 4.78 is 1.09. The second kappa shape index (κ2) is 5.59. The summed E-state index contributed by atoms with van der Waals surface area (Å²) in [5.41, 5.74) is 5.32. The molecular formula is C15H15BrN4. The van der Waals surface area contributed by atoms with Gasteiger partial charge in [0.2, 0.25) is 0 Å². The number of halogens is 1. The van der Waals surface area contributed by atoms with Crippen LogP contribution in [0.2, 0.25) is 0 Å². The van der Waals surface area contributed by atoms with Crippen molar-refractivity contribution in [2.45, 2.75) is 27.7 Å². The minimum atomic E-state index is 0.497. The van der Waals surface area contributed by atoms with Crippen LogP contribution in [0.4, 0.5) is 11.5 Å². The summed E-state index contributed by atoms with van der Waals surface area (Å²) in [5.74, 6) is 0.497. The Kier molecular flexibility index (Phi) is 4.05. The number of aryl methyl sites for hydroxylation is 3. The van der Waals surface area contributed by atoms with Crippen LogP contribution >= 0.6 is 15.9 Å². The van der Waals surface area contributed by atoms with E-state index in [1.54, 1.807) is 0 Å². The van der Waals surface area contributed by atoms with E-state index in [2.05, 4.69) is 37.5 Å². The van der Waals surface area contributed by atoms with Gasteiger partial charge in [-0.2, -0.15) is 10.4 Å². The second-order valence-electron chi connectivity index (χ2n) is 4.79. The van der Waals surface area contributed by atoms with Gasteiger partial charge in [-0.15, -0.1) is 5.10 Å². The van der Waals surface area contributed by atoms with Crippen molar-refractivity contribution in [2.75, 3.05) is 5.32 Å². The van der Waals surface area contributed by atoms with Gasteiger partial charge in [-0.3, -0.25) is 0 Å². The van der Waals surface area contributed by atoms with Gasteiger partial charge in [-0.1, -0.05) is 15.9 Å². The van der Waals surface area contributed by atoms with Gasteiger partial charge in [-0.05, 0) is 56.5 Å². The summed E-state index contributed by atoms with van der Waals surface area (Å²) in [6.45, 7) is 7.78. The van der Waals surface area contributed by atoms with Crippen molar-refractivity contribution in [1.29, 1.82) is 5.26 Å². The van der Waals surface area contributed by atoms with Gasteiger partial charge in [0.1, 0.15) is 11.6 Å². The fraction of sp³-hybridized carbons (Fsp3) is 0.267. The molecule has 5 heteroatoms. The molecule has 1 heterocycles. The first-order valence-electron chi connectivity index (χ1n) is 6.21. The molecule has 0 aliphatic carbocycles. The van der Waals surface area contributed by atoms with Crippen LogP contribution in [-0.2, 0) is 0 Å². The normalized spacial score (nSPS) is 10.2. The van der Waals surface area contributed by atoms with Gasteiger partial charge < -0.3 is 5.32 Å². The first-order chi connectivity index (χ1) is 9.43. The Morgan fingerprint density at radius 2 is 1.70 bits per heavy atom. The van der Waals surface area contributed by atoms with Gasteiger partial charge in [0.05, 0.1) is 5.69 Å². The number of hydrogen-bond donors (Lipinski definition) is 1. The lowest BCUT2D eigenvalue weighted by Crippen LogP contribution is -2.04. The van der Waals surface area contributed by atoms with E-state index in [-0.39, 0.29) is 0 Å². The molecule has 4 nitrogen and oxygen atoms in total. The molecule has 0 bridgehead atoms. The third-order valence-corrected chi connectivity index (χ3v) is 4.52. The number of nitrogens with zero attached hydrogens (tertiary/aromatic N) is 3. The highest BCUT2D eigenvalue weighted by Crippen LogP contribution is 2.28.